The number of ether oxygens (including phenoxy) is 1. The highest BCUT2D eigenvalue weighted by atomic mass is 32.2. The maximum Gasteiger partial charge on any atom is 0.234 e. The Hall–Kier alpha value is -3.24. The van der Waals surface area contributed by atoms with Crippen molar-refractivity contribution in [2.24, 2.45) is 0 Å². The number of methoxy groups -OCH3 is 1. The molecule has 0 fully saturated rings. The molecule has 2 aromatic carbocycles. The molecular weight excluding hydrogens is 410 g/mol. The van der Waals surface area contributed by atoms with Crippen molar-refractivity contribution in [2.75, 3.05) is 18.2 Å². The molecule has 0 aliphatic carbocycles. The van der Waals surface area contributed by atoms with Crippen LogP contribution < -0.4 is 15.4 Å². The fourth-order valence-corrected chi connectivity index (χ4v) is 4.45. The van der Waals surface area contributed by atoms with Gasteiger partial charge >= 0.3 is 0 Å². The summed E-state index contributed by atoms with van der Waals surface area (Å²) < 4.78 is 5.19. The molecule has 0 aromatic heterocycles. The Morgan fingerprint density at radius 2 is 2.03 bits per heavy atom. The minimum Gasteiger partial charge on any atom is -0.497 e. The highest BCUT2D eigenvalue weighted by Gasteiger charge is 2.30. The first-order valence-electron chi connectivity index (χ1n) is 10.1. The number of carbonyl (C=O) groups is 2. The molecule has 31 heavy (non-hydrogen) atoms. The van der Waals surface area contributed by atoms with Crippen molar-refractivity contribution in [3.63, 3.8) is 0 Å². The SMILES string of the molecule is CCc1cccc(C)c1NC(=O)CSC1=C(C#N)[C@@H](c2ccc(OC)cc2)CC(=O)N1. The smallest absolute Gasteiger partial charge is 0.234 e. The second kappa shape index (κ2) is 10.2. The van der Waals surface area contributed by atoms with Crippen LogP contribution in [-0.4, -0.2) is 24.7 Å². The summed E-state index contributed by atoms with van der Waals surface area (Å²) in [5.74, 6) is 0.0985. The fraction of sp³-hybridized carbons (Fsp3) is 0.292. The molecule has 0 saturated heterocycles. The zero-order chi connectivity index (χ0) is 22.4. The van der Waals surface area contributed by atoms with Gasteiger partial charge in [-0.2, -0.15) is 5.26 Å². The number of para-hydroxylation sites is 1. The topological polar surface area (TPSA) is 91.2 Å². The number of benzene rings is 2. The van der Waals surface area contributed by atoms with Crippen LogP contribution in [0.1, 0.15) is 36.0 Å². The Morgan fingerprint density at radius 1 is 1.29 bits per heavy atom. The molecule has 2 aromatic rings. The molecule has 160 valence electrons. The van der Waals surface area contributed by atoms with Crippen LogP contribution in [-0.2, 0) is 16.0 Å². The van der Waals surface area contributed by atoms with Gasteiger partial charge in [0, 0.05) is 18.0 Å². The summed E-state index contributed by atoms with van der Waals surface area (Å²) in [6.45, 7) is 4.00. The summed E-state index contributed by atoms with van der Waals surface area (Å²) in [6.07, 6.45) is 1.00. The quantitative estimate of drug-likeness (QED) is 0.677. The number of nitriles is 1. The van der Waals surface area contributed by atoms with Gasteiger partial charge in [-0.15, -0.1) is 0 Å². The van der Waals surface area contributed by atoms with Crippen LogP contribution in [0.4, 0.5) is 5.69 Å². The first kappa shape index (κ1) is 22.4. The van der Waals surface area contributed by atoms with E-state index in [1.807, 2.05) is 56.3 Å². The Bertz CT molecular complexity index is 1050. The van der Waals surface area contributed by atoms with Gasteiger partial charge in [-0.25, -0.2) is 0 Å². The van der Waals surface area contributed by atoms with E-state index >= 15 is 0 Å². The third-order valence-electron chi connectivity index (χ3n) is 5.23. The van der Waals surface area contributed by atoms with Crippen LogP contribution in [0.3, 0.4) is 0 Å². The van der Waals surface area contributed by atoms with E-state index in [1.165, 1.54) is 11.8 Å². The number of aryl methyl sites for hydroxylation is 2. The number of rotatable bonds is 7. The lowest BCUT2D eigenvalue weighted by atomic mass is 9.87. The minimum atomic E-state index is -0.349. The third kappa shape index (κ3) is 5.28. The van der Waals surface area contributed by atoms with E-state index in [4.69, 9.17) is 4.74 Å². The predicted molar refractivity (Wildman–Crippen MR) is 123 cm³/mol. The van der Waals surface area contributed by atoms with E-state index in [2.05, 4.69) is 16.7 Å². The highest BCUT2D eigenvalue weighted by molar-refractivity contribution is 8.03. The van der Waals surface area contributed by atoms with E-state index in [9.17, 15) is 14.9 Å². The molecule has 0 unspecified atom stereocenters. The van der Waals surface area contributed by atoms with Gasteiger partial charge < -0.3 is 15.4 Å². The lowest BCUT2D eigenvalue weighted by molar-refractivity contribution is -0.121. The molecule has 0 spiro atoms. The van der Waals surface area contributed by atoms with Crippen molar-refractivity contribution < 1.29 is 14.3 Å². The molecule has 2 amide bonds. The number of carbonyl (C=O) groups excluding carboxylic acids is 2. The summed E-state index contributed by atoms with van der Waals surface area (Å²) in [5.41, 5.74) is 4.23. The monoisotopic (exact) mass is 435 g/mol. The lowest BCUT2D eigenvalue weighted by Crippen LogP contribution is -2.31. The number of amides is 2. The molecule has 7 heteroatoms. The Morgan fingerprint density at radius 3 is 2.68 bits per heavy atom. The lowest BCUT2D eigenvalue weighted by Gasteiger charge is -2.25. The first-order chi connectivity index (χ1) is 15.0. The van der Waals surface area contributed by atoms with Crippen molar-refractivity contribution in [3.8, 4) is 11.8 Å². The van der Waals surface area contributed by atoms with Gasteiger partial charge in [-0.1, -0.05) is 49.0 Å². The van der Waals surface area contributed by atoms with E-state index < -0.39 is 0 Å². The summed E-state index contributed by atoms with van der Waals surface area (Å²) in [7, 11) is 1.59. The molecule has 3 rings (SSSR count). The highest BCUT2D eigenvalue weighted by Crippen LogP contribution is 2.36. The minimum absolute atomic E-state index is 0.0909. The summed E-state index contributed by atoms with van der Waals surface area (Å²) >= 11 is 1.17. The largest absolute Gasteiger partial charge is 0.497 e. The van der Waals surface area contributed by atoms with Crippen LogP contribution >= 0.6 is 11.8 Å². The van der Waals surface area contributed by atoms with Gasteiger partial charge in [-0.05, 0) is 42.2 Å². The maximum absolute atomic E-state index is 12.6. The van der Waals surface area contributed by atoms with Gasteiger partial charge in [-0.3, -0.25) is 9.59 Å². The van der Waals surface area contributed by atoms with E-state index in [0.717, 1.165) is 28.8 Å². The van der Waals surface area contributed by atoms with Gasteiger partial charge in [0.1, 0.15) is 5.75 Å². The molecular formula is C24H25N3O3S. The molecule has 1 aliphatic rings. The second-order valence-electron chi connectivity index (χ2n) is 7.23. The average Bonchev–Trinajstić information content (AvgIpc) is 2.78. The third-order valence-corrected chi connectivity index (χ3v) is 6.24. The van der Waals surface area contributed by atoms with Crippen molar-refractivity contribution in [3.05, 3.63) is 69.8 Å². The van der Waals surface area contributed by atoms with Crippen LogP contribution in [0, 0.1) is 18.3 Å². The molecule has 0 saturated carbocycles. The average molecular weight is 436 g/mol. The number of nitrogens with one attached hydrogen (secondary N) is 2. The number of anilines is 1. The van der Waals surface area contributed by atoms with Gasteiger partial charge in [0.05, 0.1) is 29.5 Å². The normalized spacial score (nSPS) is 15.8. The molecule has 1 heterocycles. The predicted octanol–water partition coefficient (Wildman–Crippen LogP) is 4.28. The standard InChI is InChI=1S/C24H25N3O3S/c1-4-16-7-5-6-15(2)23(16)26-22(29)14-31-24-20(13-25)19(12-21(28)27-24)17-8-10-18(30-3)11-9-17/h5-11,19H,4,12,14H2,1-3H3,(H,26,29)(H,27,28)/t19-/m1/s1. The molecule has 1 aliphatic heterocycles. The van der Waals surface area contributed by atoms with E-state index in [1.54, 1.807) is 7.11 Å². The molecule has 1 atom stereocenters. The van der Waals surface area contributed by atoms with Gasteiger partial charge in [0.2, 0.25) is 11.8 Å². The Balaban J connectivity index is 1.77. The van der Waals surface area contributed by atoms with Gasteiger partial charge in [0.25, 0.3) is 0 Å². The van der Waals surface area contributed by atoms with Crippen LogP contribution in [0.25, 0.3) is 0 Å². The number of allylic oxidation sites excluding steroid dienone is 1. The molecule has 2 N–H and O–H groups in total. The van der Waals surface area contributed by atoms with Crippen LogP contribution in [0.5, 0.6) is 5.75 Å². The molecule has 6 nitrogen and oxygen atoms in total. The van der Waals surface area contributed by atoms with Crippen molar-refractivity contribution in [1.29, 1.82) is 5.26 Å². The van der Waals surface area contributed by atoms with E-state index in [0.29, 0.717) is 16.4 Å². The zero-order valence-corrected chi connectivity index (χ0v) is 18.6. The number of hydrogen-bond donors (Lipinski definition) is 2. The van der Waals surface area contributed by atoms with Crippen molar-refractivity contribution >= 4 is 29.3 Å². The van der Waals surface area contributed by atoms with Crippen LogP contribution in [0.2, 0.25) is 0 Å². The first-order valence-corrected chi connectivity index (χ1v) is 11.0. The summed E-state index contributed by atoms with van der Waals surface area (Å²) in [6, 6.07) is 15.5. The van der Waals surface area contributed by atoms with Gasteiger partial charge in [0.15, 0.2) is 0 Å². The second-order valence-corrected chi connectivity index (χ2v) is 8.22. The zero-order valence-electron chi connectivity index (χ0n) is 17.8. The Kier molecular flexibility index (Phi) is 7.37. The summed E-state index contributed by atoms with van der Waals surface area (Å²) in [5, 5.41) is 16.0. The number of thioether (sulfide) groups is 1. The van der Waals surface area contributed by atoms with Crippen molar-refractivity contribution in [1.82, 2.24) is 5.32 Å². The number of nitrogens with zero attached hydrogens (tertiary/aromatic N) is 1. The maximum atomic E-state index is 12.6. The molecule has 0 bridgehead atoms. The van der Waals surface area contributed by atoms with Crippen LogP contribution in [0.15, 0.2) is 53.1 Å². The van der Waals surface area contributed by atoms with Crippen molar-refractivity contribution in [2.45, 2.75) is 32.6 Å². The Labute approximate surface area is 186 Å². The summed E-state index contributed by atoms with van der Waals surface area (Å²) in [4.78, 5) is 24.9. The fourth-order valence-electron chi connectivity index (χ4n) is 3.57. The van der Waals surface area contributed by atoms with E-state index in [-0.39, 0.29) is 29.9 Å². The molecule has 0 radical (unpaired) electrons. The number of hydrogen-bond acceptors (Lipinski definition) is 5.